The molecule has 0 aromatic heterocycles. The molecule has 8 heteroatoms. The molecule has 1 atom stereocenters. The van der Waals surface area contributed by atoms with E-state index in [1.165, 1.54) is 24.9 Å². The number of phenolic OH excluding ortho intramolecular Hbond substituents is 1. The van der Waals surface area contributed by atoms with E-state index in [9.17, 15) is 20.0 Å². The first-order chi connectivity index (χ1) is 16.4. The number of anilines is 1. The Labute approximate surface area is 202 Å². The smallest absolute Gasteiger partial charge is 0.234 e. The molecule has 2 aromatic carbocycles. The largest absolute Gasteiger partial charge is 0.504 e. The van der Waals surface area contributed by atoms with Crippen LogP contribution in [0.15, 0.2) is 64.3 Å². The highest BCUT2D eigenvalue weighted by Gasteiger charge is 2.37. The van der Waals surface area contributed by atoms with Gasteiger partial charge in [-0.1, -0.05) is 30.0 Å². The van der Waals surface area contributed by atoms with Crippen LogP contribution in [0.25, 0.3) is 0 Å². The Hall–Kier alpha value is -3.70. The van der Waals surface area contributed by atoms with Crippen molar-refractivity contribution in [3.63, 3.8) is 0 Å². The number of hydrogen-bond donors (Lipinski definition) is 3. The molecule has 0 bridgehead atoms. The lowest BCUT2D eigenvalue weighted by Gasteiger charge is -2.33. The lowest BCUT2D eigenvalue weighted by molar-refractivity contribution is -0.116. The number of allylic oxidation sites excluding steroid dienone is 3. The summed E-state index contributed by atoms with van der Waals surface area (Å²) in [5.74, 6) is -0.432. The Morgan fingerprint density at radius 3 is 2.85 bits per heavy atom. The van der Waals surface area contributed by atoms with E-state index in [-0.39, 0.29) is 28.9 Å². The van der Waals surface area contributed by atoms with Gasteiger partial charge in [0.1, 0.15) is 0 Å². The maximum atomic E-state index is 12.9. The number of hydrogen-bond acceptors (Lipinski definition) is 7. The van der Waals surface area contributed by atoms with Crippen molar-refractivity contribution in [2.45, 2.75) is 32.1 Å². The predicted octanol–water partition coefficient (Wildman–Crippen LogP) is 4.51. The van der Waals surface area contributed by atoms with Gasteiger partial charge >= 0.3 is 0 Å². The zero-order valence-electron chi connectivity index (χ0n) is 19.0. The van der Waals surface area contributed by atoms with E-state index in [1.54, 1.807) is 12.1 Å². The second-order valence-electron chi connectivity index (χ2n) is 8.22. The van der Waals surface area contributed by atoms with Gasteiger partial charge in [-0.15, -0.1) is 0 Å². The molecule has 0 saturated heterocycles. The number of ketones is 1. The van der Waals surface area contributed by atoms with Crippen LogP contribution in [0, 0.1) is 18.3 Å². The summed E-state index contributed by atoms with van der Waals surface area (Å²) in [6, 6.07) is 14.7. The molecule has 2 aliphatic rings. The second kappa shape index (κ2) is 10.1. The summed E-state index contributed by atoms with van der Waals surface area (Å²) in [4.78, 5) is 25.5. The number of phenols is 1. The van der Waals surface area contributed by atoms with Gasteiger partial charge in [0.25, 0.3) is 0 Å². The Morgan fingerprint density at radius 2 is 2.12 bits per heavy atom. The fourth-order valence-electron chi connectivity index (χ4n) is 4.30. The number of rotatable bonds is 6. The highest BCUT2D eigenvalue weighted by atomic mass is 32.2. The maximum absolute atomic E-state index is 12.9. The van der Waals surface area contributed by atoms with E-state index >= 15 is 0 Å². The number of ether oxygens (including phenoxy) is 1. The summed E-state index contributed by atoms with van der Waals surface area (Å²) in [6.45, 7) is 1.95. The molecule has 0 unspecified atom stereocenters. The molecule has 1 aliphatic carbocycles. The Balaban J connectivity index is 1.65. The van der Waals surface area contributed by atoms with Gasteiger partial charge in [0, 0.05) is 23.4 Å². The summed E-state index contributed by atoms with van der Waals surface area (Å²) in [5, 5.41) is 26.9. The summed E-state index contributed by atoms with van der Waals surface area (Å²) in [5.41, 5.74) is 4.17. The van der Waals surface area contributed by atoms with E-state index < -0.39 is 5.92 Å². The summed E-state index contributed by atoms with van der Waals surface area (Å²) in [7, 11) is 1.45. The fourth-order valence-corrected chi connectivity index (χ4v) is 5.16. The van der Waals surface area contributed by atoms with Crippen molar-refractivity contribution < 1.29 is 19.4 Å². The van der Waals surface area contributed by atoms with E-state index in [0.717, 1.165) is 17.7 Å². The normalized spacial score (nSPS) is 17.6. The highest BCUT2D eigenvalue weighted by molar-refractivity contribution is 8.03. The maximum Gasteiger partial charge on any atom is 0.234 e. The number of nitrogens with zero attached hydrogens (tertiary/aromatic N) is 1. The van der Waals surface area contributed by atoms with Gasteiger partial charge in [0.05, 0.1) is 35.5 Å². The first-order valence-corrected chi connectivity index (χ1v) is 11.9. The van der Waals surface area contributed by atoms with E-state index in [1.807, 2.05) is 31.2 Å². The molecule has 1 amide bonds. The third kappa shape index (κ3) is 4.80. The first-order valence-electron chi connectivity index (χ1n) is 10.9. The number of benzene rings is 2. The number of carbonyl (C=O) groups is 2. The van der Waals surface area contributed by atoms with Crippen molar-refractivity contribution in [2.75, 3.05) is 18.2 Å². The molecule has 3 N–H and O–H groups in total. The average molecular weight is 476 g/mol. The van der Waals surface area contributed by atoms with Gasteiger partial charge in [-0.2, -0.15) is 5.26 Å². The molecule has 0 fully saturated rings. The summed E-state index contributed by atoms with van der Waals surface area (Å²) in [6.07, 6.45) is 1.83. The zero-order chi connectivity index (χ0) is 24.2. The van der Waals surface area contributed by atoms with Crippen LogP contribution in [-0.2, 0) is 9.59 Å². The number of carbonyl (C=O) groups excluding carboxylic acids is 2. The standard InChI is InChI=1S/C26H25N3O4S/c1-15-5-3-6-17(11-15)28-23(32)14-34-26-18(13-27)24(16-9-10-20(30)22(12-16)33-2)25-19(29-26)7-4-8-21(25)31/h3,5-6,9-12,24,29-30H,4,7-8,14H2,1-2H3,(H,28,32)/t24-/m0/s1. The van der Waals surface area contributed by atoms with Crippen LogP contribution < -0.4 is 15.4 Å². The molecule has 1 heterocycles. The molecule has 0 spiro atoms. The lowest BCUT2D eigenvalue weighted by atomic mass is 9.77. The quantitative estimate of drug-likeness (QED) is 0.564. The lowest BCUT2D eigenvalue weighted by Crippen LogP contribution is -2.31. The van der Waals surface area contributed by atoms with Crippen molar-refractivity contribution in [1.82, 2.24) is 5.32 Å². The van der Waals surface area contributed by atoms with Crippen molar-refractivity contribution in [1.29, 1.82) is 5.26 Å². The molecule has 0 saturated carbocycles. The van der Waals surface area contributed by atoms with Crippen LogP contribution in [-0.4, -0.2) is 29.7 Å². The highest BCUT2D eigenvalue weighted by Crippen LogP contribution is 2.45. The number of aryl methyl sites for hydroxylation is 1. The number of nitrogens with one attached hydrogen (secondary N) is 2. The number of thioether (sulfide) groups is 1. The number of dihydropyridines is 1. The average Bonchev–Trinajstić information content (AvgIpc) is 2.82. The molecule has 34 heavy (non-hydrogen) atoms. The minimum atomic E-state index is -0.592. The van der Waals surface area contributed by atoms with Crippen LogP contribution in [0.2, 0.25) is 0 Å². The third-order valence-corrected chi connectivity index (χ3v) is 6.87. The van der Waals surface area contributed by atoms with Gasteiger partial charge in [-0.3, -0.25) is 9.59 Å². The van der Waals surface area contributed by atoms with Gasteiger partial charge < -0.3 is 20.5 Å². The van der Waals surface area contributed by atoms with E-state index in [2.05, 4.69) is 16.7 Å². The van der Waals surface area contributed by atoms with Gasteiger partial charge in [0.15, 0.2) is 17.3 Å². The van der Waals surface area contributed by atoms with Crippen LogP contribution >= 0.6 is 11.8 Å². The van der Waals surface area contributed by atoms with Crippen molar-refractivity contribution in [3.8, 4) is 17.6 Å². The van der Waals surface area contributed by atoms with Crippen molar-refractivity contribution in [2.24, 2.45) is 0 Å². The minimum Gasteiger partial charge on any atom is -0.504 e. The van der Waals surface area contributed by atoms with Crippen molar-refractivity contribution >= 4 is 29.1 Å². The number of methoxy groups -OCH3 is 1. The molecule has 1 aliphatic heterocycles. The summed E-state index contributed by atoms with van der Waals surface area (Å²) >= 11 is 1.24. The van der Waals surface area contributed by atoms with E-state index in [0.29, 0.717) is 40.3 Å². The van der Waals surface area contributed by atoms with Crippen LogP contribution in [0.4, 0.5) is 5.69 Å². The number of Topliss-reactive ketones (excluding diaryl/α,β-unsaturated/α-hetero) is 1. The van der Waals surface area contributed by atoms with Gasteiger partial charge in [0.2, 0.25) is 5.91 Å². The van der Waals surface area contributed by atoms with Gasteiger partial charge in [-0.25, -0.2) is 0 Å². The molecule has 7 nitrogen and oxygen atoms in total. The fraction of sp³-hybridized carbons (Fsp3) is 0.269. The Morgan fingerprint density at radius 1 is 1.29 bits per heavy atom. The first kappa shape index (κ1) is 23.5. The molecule has 2 aromatic rings. The SMILES string of the molecule is COc1cc([C@H]2C(C#N)=C(SCC(=O)Nc3cccc(C)c3)NC3=C2C(=O)CCC3)ccc1O. The Bertz CT molecular complexity index is 1260. The van der Waals surface area contributed by atoms with Crippen LogP contribution in [0.3, 0.4) is 0 Å². The summed E-state index contributed by atoms with van der Waals surface area (Å²) < 4.78 is 5.26. The predicted molar refractivity (Wildman–Crippen MR) is 131 cm³/mol. The van der Waals surface area contributed by atoms with Crippen LogP contribution in [0.1, 0.15) is 36.3 Å². The van der Waals surface area contributed by atoms with E-state index in [4.69, 9.17) is 4.74 Å². The van der Waals surface area contributed by atoms with Crippen molar-refractivity contribution in [3.05, 3.63) is 75.5 Å². The monoisotopic (exact) mass is 475 g/mol. The number of amides is 1. The number of aromatic hydroxyl groups is 1. The van der Waals surface area contributed by atoms with Crippen LogP contribution in [0.5, 0.6) is 11.5 Å². The molecule has 0 radical (unpaired) electrons. The topological polar surface area (TPSA) is 111 Å². The third-order valence-electron chi connectivity index (χ3n) is 5.85. The minimum absolute atomic E-state index is 0.000202. The zero-order valence-corrected chi connectivity index (χ0v) is 19.8. The molecule has 174 valence electrons. The number of nitriles is 1. The molecular formula is C26H25N3O4S. The Kier molecular flexibility index (Phi) is 6.94. The molecular weight excluding hydrogens is 450 g/mol. The second-order valence-corrected chi connectivity index (χ2v) is 9.20. The molecule has 4 rings (SSSR count). The van der Waals surface area contributed by atoms with Gasteiger partial charge in [-0.05, 0) is 55.2 Å².